The molecule has 0 atom stereocenters. The van der Waals surface area contributed by atoms with Crippen molar-refractivity contribution in [2.75, 3.05) is 5.73 Å². The average Bonchev–Trinajstić information content (AvgIpc) is 2.92. The number of benzene rings is 1. The van der Waals surface area contributed by atoms with Gasteiger partial charge in [-0.3, -0.25) is 0 Å². The first-order valence-corrected chi connectivity index (χ1v) is 5.70. The summed E-state index contributed by atoms with van der Waals surface area (Å²) < 4.78 is 5.29. The van der Waals surface area contributed by atoms with Crippen LogP contribution in [0, 0.1) is 0 Å². The molecule has 0 aliphatic rings. The maximum Gasteiger partial charge on any atom is 0.221 e. The molecule has 94 valence electrons. The van der Waals surface area contributed by atoms with Gasteiger partial charge in [-0.25, -0.2) is 9.97 Å². The number of phenolic OH excluding ortho intramolecular Hbond substituents is 1. The molecule has 0 spiro atoms. The first-order chi connectivity index (χ1) is 9.22. The van der Waals surface area contributed by atoms with Gasteiger partial charge in [0, 0.05) is 5.56 Å². The molecule has 0 aliphatic heterocycles. The maximum atomic E-state index is 9.50. The number of aromatic hydroxyl groups is 1. The zero-order valence-corrected chi connectivity index (χ0v) is 9.95. The van der Waals surface area contributed by atoms with Crippen LogP contribution < -0.4 is 5.73 Å². The van der Waals surface area contributed by atoms with Gasteiger partial charge >= 0.3 is 0 Å². The molecule has 0 unspecified atom stereocenters. The van der Waals surface area contributed by atoms with Gasteiger partial charge in [-0.15, -0.1) is 0 Å². The van der Waals surface area contributed by atoms with Crippen molar-refractivity contribution in [2.45, 2.75) is 0 Å². The predicted molar refractivity (Wildman–Crippen MR) is 71.2 cm³/mol. The average molecular weight is 253 g/mol. The van der Waals surface area contributed by atoms with Crippen LogP contribution in [0.2, 0.25) is 0 Å². The lowest BCUT2D eigenvalue weighted by Crippen LogP contribution is -1.98. The third kappa shape index (κ3) is 2.26. The Morgan fingerprint density at radius 2 is 1.84 bits per heavy atom. The van der Waals surface area contributed by atoms with Gasteiger partial charge in [0.25, 0.3) is 0 Å². The van der Waals surface area contributed by atoms with Crippen molar-refractivity contribution in [1.82, 2.24) is 9.97 Å². The monoisotopic (exact) mass is 253 g/mol. The molecule has 5 heteroatoms. The second-order valence-corrected chi connectivity index (χ2v) is 4.02. The molecule has 0 radical (unpaired) electrons. The zero-order valence-electron chi connectivity index (χ0n) is 9.95. The van der Waals surface area contributed by atoms with Crippen molar-refractivity contribution in [3.05, 3.63) is 48.7 Å². The molecule has 5 nitrogen and oxygen atoms in total. The molecule has 0 bridgehead atoms. The normalized spacial score (nSPS) is 10.5. The summed E-state index contributed by atoms with van der Waals surface area (Å²) in [5, 5.41) is 9.50. The number of anilines is 1. The van der Waals surface area contributed by atoms with Crippen LogP contribution in [-0.2, 0) is 0 Å². The third-order valence-corrected chi connectivity index (χ3v) is 2.66. The topological polar surface area (TPSA) is 85.2 Å². The second-order valence-electron chi connectivity index (χ2n) is 4.02. The number of nitrogens with zero attached hydrogens (tertiary/aromatic N) is 2. The van der Waals surface area contributed by atoms with Crippen molar-refractivity contribution in [3.8, 4) is 28.5 Å². The molecule has 3 aromatic rings. The second kappa shape index (κ2) is 4.45. The number of nitrogen functional groups attached to an aromatic ring is 1. The predicted octanol–water partition coefficient (Wildman–Crippen LogP) is 2.69. The van der Waals surface area contributed by atoms with Crippen LogP contribution in [0.5, 0.6) is 5.75 Å². The number of rotatable bonds is 2. The van der Waals surface area contributed by atoms with E-state index < -0.39 is 0 Å². The fourth-order valence-corrected chi connectivity index (χ4v) is 1.83. The van der Waals surface area contributed by atoms with Crippen LogP contribution in [-0.4, -0.2) is 15.1 Å². The van der Waals surface area contributed by atoms with Crippen LogP contribution in [0.15, 0.2) is 53.1 Å². The highest BCUT2D eigenvalue weighted by molar-refractivity contribution is 5.67. The van der Waals surface area contributed by atoms with E-state index in [0.717, 1.165) is 5.56 Å². The Hall–Kier alpha value is -2.82. The number of furan rings is 1. The van der Waals surface area contributed by atoms with Crippen LogP contribution in [0.4, 0.5) is 5.95 Å². The Balaban J connectivity index is 2.12. The van der Waals surface area contributed by atoms with Gasteiger partial charge in [0.05, 0.1) is 12.0 Å². The van der Waals surface area contributed by atoms with E-state index in [-0.39, 0.29) is 11.7 Å². The fourth-order valence-electron chi connectivity index (χ4n) is 1.83. The summed E-state index contributed by atoms with van der Waals surface area (Å²) in [6, 6.07) is 12.2. The summed E-state index contributed by atoms with van der Waals surface area (Å²) in [4.78, 5) is 8.30. The molecular weight excluding hydrogens is 242 g/mol. The minimum atomic E-state index is 0.159. The lowest BCUT2D eigenvalue weighted by molar-refractivity contribution is 0.475. The molecule has 0 amide bonds. The number of hydrogen-bond acceptors (Lipinski definition) is 5. The Bertz CT molecular complexity index is 708. The lowest BCUT2D eigenvalue weighted by Gasteiger charge is -2.05. The van der Waals surface area contributed by atoms with E-state index in [0.29, 0.717) is 17.1 Å². The molecule has 0 saturated carbocycles. The summed E-state index contributed by atoms with van der Waals surface area (Å²) >= 11 is 0. The molecule has 19 heavy (non-hydrogen) atoms. The van der Waals surface area contributed by atoms with Crippen molar-refractivity contribution >= 4 is 5.95 Å². The fraction of sp³-hybridized carbons (Fsp3) is 0. The number of nitrogens with two attached hydrogens (primary N) is 1. The number of hydrogen-bond donors (Lipinski definition) is 2. The van der Waals surface area contributed by atoms with E-state index in [4.69, 9.17) is 10.2 Å². The summed E-state index contributed by atoms with van der Waals surface area (Å²) in [6.45, 7) is 0. The largest absolute Gasteiger partial charge is 0.508 e. The number of aromatic nitrogens is 2. The Morgan fingerprint density at radius 1 is 1.00 bits per heavy atom. The Morgan fingerprint density at radius 3 is 2.58 bits per heavy atom. The van der Waals surface area contributed by atoms with E-state index in [9.17, 15) is 5.11 Å². The van der Waals surface area contributed by atoms with Crippen LogP contribution in [0.1, 0.15) is 0 Å². The standard InChI is InChI=1S/C14H11N3O2/c15-14-16-11(9-3-1-4-10(18)7-9)8-12(17-14)13-5-2-6-19-13/h1-8,18H,(H2,15,16,17). The van der Waals surface area contributed by atoms with Gasteiger partial charge in [0.2, 0.25) is 5.95 Å². The van der Waals surface area contributed by atoms with Gasteiger partial charge in [-0.2, -0.15) is 0 Å². The molecule has 0 fully saturated rings. The molecule has 2 aromatic heterocycles. The van der Waals surface area contributed by atoms with Gasteiger partial charge in [-0.05, 0) is 30.3 Å². The molecular formula is C14H11N3O2. The molecule has 3 N–H and O–H groups in total. The van der Waals surface area contributed by atoms with Crippen molar-refractivity contribution < 1.29 is 9.52 Å². The molecule has 0 aliphatic carbocycles. The highest BCUT2D eigenvalue weighted by atomic mass is 16.3. The van der Waals surface area contributed by atoms with Crippen molar-refractivity contribution in [2.24, 2.45) is 0 Å². The maximum absolute atomic E-state index is 9.50. The summed E-state index contributed by atoms with van der Waals surface area (Å²) in [5.74, 6) is 0.956. The van der Waals surface area contributed by atoms with Gasteiger partial charge in [0.15, 0.2) is 5.76 Å². The first-order valence-electron chi connectivity index (χ1n) is 5.70. The summed E-state index contributed by atoms with van der Waals surface area (Å²) in [5.41, 5.74) is 7.72. The summed E-state index contributed by atoms with van der Waals surface area (Å²) in [6.07, 6.45) is 1.57. The lowest BCUT2D eigenvalue weighted by atomic mass is 10.1. The molecule has 0 saturated heterocycles. The minimum absolute atomic E-state index is 0.159. The van der Waals surface area contributed by atoms with Gasteiger partial charge in [-0.1, -0.05) is 12.1 Å². The quantitative estimate of drug-likeness (QED) is 0.733. The Labute approximate surface area is 109 Å². The SMILES string of the molecule is Nc1nc(-c2cccc(O)c2)cc(-c2ccco2)n1. The Kier molecular flexibility index (Phi) is 2.64. The molecule has 3 rings (SSSR count). The zero-order chi connectivity index (χ0) is 13.2. The van der Waals surface area contributed by atoms with E-state index in [1.54, 1.807) is 42.7 Å². The number of phenols is 1. The van der Waals surface area contributed by atoms with Gasteiger partial charge < -0.3 is 15.3 Å². The van der Waals surface area contributed by atoms with E-state index in [1.807, 2.05) is 6.07 Å². The summed E-state index contributed by atoms with van der Waals surface area (Å²) in [7, 11) is 0. The van der Waals surface area contributed by atoms with E-state index in [1.165, 1.54) is 0 Å². The van der Waals surface area contributed by atoms with Crippen LogP contribution in [0.3, 0.4) is 0 Å². The van der Waals surface area contributed by atoms with E-state index >= 15 is 0 Å². The third-order valence-electron chi connectivity index (χ3n) is 2.66. The molecule has 2 heterocycles. The minimum Gasteiger partial charge on any atom is -0.508 e. The first kappa shape index (κ1) is 11.3. The molecule has 1 aromatic carbocycles. The smallest absolute Gasteiger partial charge is 0.221 e. The van der Waals surface area contributed by atoms with Gasteiger partial charge in [0.1, 0.15) is 11.4 Å². The van der Waals surface area contributed by atoms with E-state index in [2.05, 4.69) is 9.97 Å². The van der Waals surface area contributed by atoms with Crippen LogP contribution in [0.25, 0.3) is 22.7 Å². The van der Waals surface area contributed by atoms with Crippen molar-refractivity contribution in [3.63, 3.8) is 0 Å². The van der Waals surface area contributed by atoms with Crippen LogP contribution >= 0.6 is 0 Å². The van der Waals surface area contributed by atoms with Crippen molar-refractivity contribution in [1.29, 1.82) is 0 Å². The highest BCUT2D eigenvalue weighted by Crippen LogP contribution is 2.26. The highest BCUT2D eigenvalue weighted by Gasteiger charge is 2.09.